The van der Waals surface area contributed by atoms with Crippen LogP contribution in [0.5, 0.6) is 0 Å². The van der Waals surface area contributed by atoms with Crippen LogP contribution in [0.2, 0.25) is 0 Å². The molecule has 0 spiro atoms. The minimum Gasteiger partial charge on any atom is -0.384 e. The number of nitrogens with one attached hydrogen (secondary N) is 1. The number of aryl methyl sites for hydroxylation is 2. The third kappa shape index (κ3) is 2.69. The number of hydrogen-bond acceptors (Lipinski definition) is 5. The van der Waals surface area contributed by atoms with E-state index < -0.39 is 0 Å². The van der Waals surface area contributed by atoms with Crippen LogP contribution in [-0.2, 0) is 12.8 Å². The second-order valence-electron chi connectivity index (χ2n) is 7.06. The number of fused-ring (bicyclic) bond motifs is 2. The van der Waals surface area contributed by atoms with Crippen molar-refractivity contribution in [3.05, 3.63) is 53.9 Å². The minimum absolute atomic E-state index is 0.641. The van der Waals surface area contributed by atoms with Gasteiger partial charge in [-0.15, -0.1) is 5.10 Å². The molecule has 2 aliphatic rings. The van der Waals surface area contributed by atoms with E-state index in [0.717, 1.165) is 43.8 Å². The Bertz CT molecular complexity index is 912. The van der Waals surface area contributed by atoms with Crippen LogP contribution in [0.1, 0.15) is 17.7 Å². The van der Waals surface area contributed by atoms with Crippen LogP contribution in [0.4, 0.5) is 11.5 Å². The van der Waals surface area contributed by atoms with Crippen LogP contribution < -0.4 is 10.2 Å². The second-order valence-corrected chi connectivity index (χ2v) is 7.06. The number of para-hydroxylation sites is 1. The molecule has 1 aliphatic carbocycles. The lowest BCUT2D eigenvalue weighted by Crippen LogP contribution is -2.50. The maximum atomic E-state index is 4.42. The second kappa shape index (κ2) is 5.99. The van der Waals surface area contributed by atoms with Crippen molar-refractivity contribution in [1.29, 1.82) is 0 Å². The Morgan fingerprint density at radius 2 is 2.00 bits per heavy atom. The quantitative estimate of drug-likeness (QED) is 0.796. The summed E-state index contributed by atoms with van der Waals surface area (Å²) in [6.07, 6.45) is 5.35. The molecule has 3 heterocycles. The van der Waals surface area contributed by atoms with Gasteiger partial charge in [-0.25, -0.2) is 0 Å². The molecule has 5 heteroatoms. The number of anilines is 2. The van der Waals surface area contributed by atoms with Crippen LogP contribution in [0.3, 0.4) is 0 Å². The third-order valence-corrected chi connectivity index (χ3v) is 5.32. The molecule has 25 heavy (non-hydrogen) atoms. The maximum Gasteiger partial charge on any atom is 0.151 e. The zero-order chi connectivity index (χ0) is 16.6. The fourth-order valence-electron chi connectivity index (χ4n) is 3.86. The Morgan fingerprint density at radius 3 is 2.96 bits per heavy atom. The fraction of sp³-hybridized carbons (Fsp3) is 0.350. The first-order chi connectivity index (χ1) is 12.4. The Hall–Kier alpha value is -2.69. The van der Waals surface area contributed by atoms with Crippen molar-refractivity contribution in [2.75, 3.05) is 29.9 Å². The van der Waals surface area contributed by atoms with Crippen molar-refractivity contribution in [3.63, 3.8) is 0 Å². The van der Waals surface area contributed by atoms with Gasteiger partial charge >= 0.3 is 0 Å². The predicted molar refractivity (Wildman–Crippen MR) is 100.0 cm³/mol. The van der Waals surface area contributed by atoms with E-state index in [1.165, 1.54) is 28.8 Å². The van der Waals surface area contributed by atoms with Crippen molar-refractivity contribution >= 4 is 22.4 Å². The average molecular weight is 331 g/mol. The molecular weight excluding hydrogens is 310 g/mol. The highest BCUT2D eigenvalue weighted by Crippen LogP contribution is 2.28. The van der Waals surface area contributed by atoms with Crippen molar-refractivity contribution in [3.8, 4) is 0 Å². The van der Waals surface area contributed by atoms with E-state index in [9.17, 15) is 0 Å². The Labute approximate surface area is 147 Å². The van der Waals surface area contributed by atoms with Gasteiger partial charge in [0, 0.05) is 42.8 Å². The van der Waals surface area contributed by atoms with Gasteiger partial charge < -0.3 is 10.2 Å². The van der Waals surface area contributed by atoms with Gasteiger partial charge in [0.2, 0.25) is 0 Å². The highest BCUT2D eigenvalue weighted by molar-refractivity contribution is 5.90. The fourth-order valence-corrected chi connectivity index (χ4v) is 3.86. The summed E-state index contributed by atoms with van der Waals surface area (Å²) in [7, 11) is 0. The zero-order valence-electron chi connectivity index (χ0n) is 14.2. The van der Waals surface area contributed by atoms with Crippen molar-refractivity contribution in [1.82, 2.24) is 15.2 Å². The molecule has 1 saturated heterocycles. The average Bonchev–Trinajstić information content (AvgIpc) is 3.08. The number of nitrogens with zero attached hydrogens (tertiary/aromatic N) is 4. The Kier molecular flexibility index (Phi) is 3.51. The standard InChI is InChI=1S/C20H21N5/c1-2-6-18-16(5-1)19(8-9-21-18)22-11-14-12-25(13-14)20-10-15-4-3-7-17(15)23-24-20/h1-2,5-6,8-10,14H,3-4,7,11-13H2,(H,21,22). The summed E-state index contributed by atoms with van der Waals surface area (Å²) < 4.78 is 0. The molecule has 1 aliphatic heterocycles. The molecule has 1 aromatic carbocycles. The number of rotatable bonds is 4. The van der Waals surface area contributed by atoms with E-state index in [1.807, 2.05) is 12.3 Å². The lowest BCUT2D eigenvalue weighted by molar-refractivity contribution is 0.425. The van der Waals surface area contributed by atoms with Gasteiger partial charge in [-0.1, -0.05) is 18.2 Å². The Balaban J connectivity index is 1.22. The van der Waals surface area contributed by atoms with Crippen molar-refractivity contribution < 1.29 is 0 Å². The first-order valence-electron chi connectivity index (χ1n) is 9.05. The first-order valence-corrected chi connectivity index (χ1v) is 9.05. The summed E-state index contributed by atoms with van der Waals surface area (Å²) in [5.41, 5.74) is 4.81. The summed E-state index contributed by atoms with van der Waals surface area (Å²) in [6, 6.07) is 12.6. The highest BCUT2D eigenvalue weighted by Gasteiger charge is 2.28. The monoisotopic (exact) mass is 331 g/mol. The van der Waals surface area contributed by atoms with Gasteiger partial charge in [0.1, 0.15) is 0 Å². The molecule has 126 valence electrons. The first kappa shape index (κ1) is 14.6. The van der Waals surface area contributed by atoms with Crippen LogP contribution in [-0.4, -0.2) is 34.8 Å². The van der Waals surface area contributed by atoms with Gasteiger partial charge in [-0.05, 0) is 43.0 Å². The molecule has 5 rings (SSSR count). The molecule has 3 aromatic rings. The lowest BCUT2D eigenvalue weighted by atomic mass is 9.99. The largest absolute Gasteiger partial charge is 0.384 e. The van der Waals surface area contributed by atoms with Crippen molar-refractivity contribution in [2.24, 2.45) is 5.92 Å². The van der Waals surface area contributed by atoms with Crippen LogP contribution in [0.15, 0.2) is 42.6 Å². The summed E-state index contributed by atoms with van der Waals surface area (Å²) in [5.74, 6) is 1.69. The number of pyridine rings is 1. The zero-order valence-corrected chi connectivity index (χ0v) is 14.2. The molecule has 0 atom stereocenters. The maximum absolute atomic E-state index is 4.42. The molecule has 2 aromatic heterocycles. The predicted octanol–water partition coefficient (Wildman–Crippen LogP) is 3.06. The molecule has 5 nitrogen and oxygen atoms in total. The van der Waals surface area contributed by atoms with Gasteiger partial charge in [0.25, 0.3) is 0 Å². The summed E-state index contributed by atoms with van der Waals surface area (Å²) in [4.78, 5) is 6.76. The third-order valence-electron chi connectivity index (χ3n) is 5.32. The number of aromatic nitrogens is 3. The van der Waals surface area contributed by atoms with Gasteiger partial charge in [-0.2, -0.15) is 5.10 Å². The van der Waals surface area contributed by atoms with E-state index in [4.69, 9.17) is 0 Å². The summed E-state index contributed by atoms with van der Waals surface area (Å²) >= 11 is 0. The van der Waals surface area contributed by atoms with E-state index in [2.05, 4.69) is 55.7 Å². The molecule has 0 amide bonds. The number of benzene rings is 1. The van der Waals surface area contributed by atoms with Gasteiger partial charge in [0.05, 0.1) is 11.2 Å². The van der Waals surface area contributed by atoms with Crippen LogP contribution in [0, 0.1) is 5.92 Å². The number of hydrogen-bond donors (Lipinski definition) is 1. The molecule has 0 saturated carbocycles. The smallest absolute Gasteiger partial charge is 0.151 e. The SMILES string of the molecule is c1ccc2c(NCC3CN(c4cc5c(nn4)CCC5)C3)ccnc2c1. The normalized spacial score (nSPS) is 16.7. The molecular formula is C20H21N5. The van der Waals surface area contributed by atoms with Gasteiger partial charge in [0.15, 0.2) is 5.82 Å². The van der Waals surface area contributed by atoms with Crippen LogP contribution >= 0.6 is 0 Å². The van der Waals surface area contributed by atoms with E-state index in [0.29, 0.717) is 5.92 Å². The topological polar surface area (TPSA) is 53.9 Å². The molecule has 0 bridgehead atoms. The van der Waals surface area contributed by atoms with E-state index in [1.54, 1.807) is 0 Å². The lowest BCUT2D eigenvalue weighted by Gasteiger charge is -2.40. The molecule has 0 unspecified atom stereocenters. The summed E-state index contributed by atoms with van der Waals surface area (Å²) in [5, 5.41) is 13.6. The highest BCUT2D eigenvalue weighted by atomic mass is 15.3. The Morgan fingerprint density at radius 1 is 1.08 bits per heavy atom. The van der Waals surface area contributed by atoms with Gasteiger partial charge in [-0.3, -0.25) is 4.98 Å². The van der Waals surface area contributed by atoms with E-state index >= 15 is 0 Å². The molecule has 0 radical (unpaired) electrons. The van der Waals surface area contributed by atoms with Crippen LogP contribution in [0.25, 0.3) is 10.9 Å². The van der Waals surface area contributed by atoms with E-state index in [-0.39, 0.29) is 0 Å². The van der Waals surface area contributed by atoms with Crippen molar-refractivity contribution in [2.45, 2.75) is 19.3 Å². The minimum atomic E-state index is 0.641. The molecule has 1 N–H and O–H groups in total. The molecule has 1 fully saturated rings. The summed E-state index contributed by atoms with van der Waals surface area (Å²) in [6.45, 7) is 3.07.